The number of nitrogens with one attached hydrogen (secondary N) is 1. The third-order valence-corrected chi connectivity index (χ3v) is 13.7. The zero-order chi connectivity index (χ0) is 32.2. The average Bonchev–Trinajstić information content (AvgIpc) is 3.30. The van der Waals surface area contributed by atoms with Crippen molar-refractivity contribution in [1.82, 2.24) is 14.9 Å². The molecule has 234 valence electrons. The molecule has 10 nitrogen and oxygen atoms in total. The summed E-state index contributed by atoms with van der Waals surface area (Å²) in [6, 6.07) is 9.86. The number of carbonyl (C=O) groups excluding carboxylic acids is 3. The Morgan fingerprint density at radius 3 is 2.52 bits per heavy atom. The van der Waals surface area contributed by atoms with Gasteiger partial charge in [0.15, 0.2) is 0 Å². The van der Waals surface area contributed by atoms with Crippen molar-refractivity contribution in [3.05, 3.63) is 57.4 Å². The molecule has 0 spiro atoms. The van der Waals surface area contributed by atoms with E-state index in [0.29, 0.717) is 23.3 Å². The second-order valence-electron chi connectivity index (χ2n) is 13.4. The summed E-state index contributed by atoms with van der Waals surface area (Å²) in [7, 11) is -2.01. The topological polar surface area (TPSA) is 126 Å². The van der Waals surface area contributed by atoms with Crippen molar-refractivity contribution in [3.63, 3.8) is 0 Å². The highest BCUT2D eigenvalue weighted by Gasteiger charge is 2.50. The third-order valence-electron chi connectivity index (χ3n) is 8.94. The molecule has 11 heteroatoms. The number of amides is 1. The standard InChI is InChI=1S/C33H41N3O7Si/c1-9-33(42-26(37)14-15-34-31(40)43-32(4,5)6)23-16-25-27-21(17-36(25)29(38)22(23)18-41-30(33)39)28(44(7,8)19(2)3)20-12-10-11-13-24(20)35-27/h10-13,16,19H,9,14-15,17-18H2,1-8H3,(H,34,40). The van der Waals surface area contributed by atoms with Crippen LogP contribution in [-0.4, -0.2) is 47.8 Å². The molecule has 2 aromatic heterocycles. The van der Waals surface area contributed by atoms with Crippen LogP contribution in [0.3, 0.4) is 0 Å². The molecule has 1 aromatic carbocycles. The Kier molecular flexibility index (Phi) is 7.98. The summed E-state index contributed by atoms with van der Waals surface area (Å²) < 4.78 is 18.3. The number of esters is 2. The Balaban J connectivity index is 1.57. The average molecular weight is 620 g/mol. The molecule has 2 aliphatic rings. The number of alkyl carbamates (subject to hydrolysis) is 1. The lowest BCUT2D eigenvalue weighted by atomic mass is 9.85. The van der Waals surface area contributed by atoms with Crippen LogP contribution in [0.2, 0.25) is 18.6 Å². The number of cyclic esters (lactones) is 1. The summed E-state index contributed by atoms with van der Waals surface area (Å²) >= 11 is 0. The summed E-state index contributed by atoms with van der Waals surface area (Å²) in [5, 5.41) is 4.92. The van der Waals surface area contributed by atoms with Gasteiger partial charge in [-0.2, -0.15) is 0 Å². The minimum absolute atomic E-state index is 0.0506. The molecule has 0 fully saturated rings. The van der Waals surface area contributed by atoms with Crippen molar-refractivity contribution in [2.24, 2.45) is 0 Å². The SMILES string of the molecule is CCC1(OC(=O)CCNC(=O)OC(C)(C)C)C(=O)OCc2c1cc1n(c2=O)Cc2c-1nc1ccccc1c2[Si](C)(C)C(C)C. The molecule has 44 heavy (non-hydrogen) atoms. The number of benzene rings is 1. The lowest BCUT2D eigenvalue weighted by molar-refractivity contribution is -0.189. The predicted molar refractivity (Wildman–Crippen MR) is 169 cm³/mol. The van der Waals surface area contributed by atoms with Gasteiger partial charge in [-0.1, -0.05) is 52.1 Å². The summed E-state index contributed by atoms with van der Waals surface area (Å²) in [6.07, 6.45) is -0.811. The monoisotopic (exact) mass is 619 g/mol. The van der Waals surface area contributed by atoms with Crippen LogP contribution in [0.5, 0.6) is 0 Å². The van der Waals surface area contributed by atoms with Gasteiger partial charge in [0.05, 0.1) is 43.5 Å². The molecule has 0 saturated carbocycles. The third kappa shape index (κ3) is 5.31. The van der Waals surface area contributed by atoms with Crippen LogP contribution in [0.15, 0.2) is 35.1 Å². The maximum absolute atomic E-state index is 14.1. The van der Waals surface area contributed by atoms with E-state index >= 15 is 0 Å². The molecule has 4 heterocycles. The molecule has 3 aromatic rings. The van der Waals surface area contributed by atoms with Gasteiger partial charge < -0.3 is 24.1 Å². The number of aromatic nitrogens is 2. The van der Waals surface area contributed by atoms with Crippen molar-refractivity contribution in [1.29, 1.82) is 0 Å². The Morgan fingerprint density at radius 1 is 1.16 bits per heavy atom. The lowest BCUT2D eigenvalue weighted by Gasteiger charge is -2.35. The highest BCUT2D eigenvalue weighted by molar-refractivity contribution is 6.92. The smallest absolute Gasteiger partial charge is 0.407 e. The Bertz CT molecular complexity index is 1740. The van der Waals surface area contributed by atoms with Crippen LogP contribution in [0.4, 0.5) is 4.79 Å². The van der Waals surface area contributed by atoms with E-state index in [1.165, 1.54) is 5.19 Å². The largest absolute Gasteiger partial charge is 0.457 e. The normalized spacial score (nSPS) is 17.5. The van der Waals surface area contributed by atoms with Crippen molar-refractivity contribution in [2.45, 2.75) is 97.4 Å². The van der Waals surface area contributed by atoms with Gasteiger partial charge in [0.1, 0.15) is 12.2 Å². The number of carbonyl (C=O) groups is 3. The molecule has 5 rings (SSSR count). The zero-order valence-corrected chi connectivity index (χ0v) is 27.8. The van der Waals surface area contributed by atoms with E-state index in [2.05, 4.69) is 38.3 Å². The van der Waals surface area contributed by atoms with Gasteiger partial charge in [0.2, 0.25) is 5.60 Å². The van der Waals surface area contributed by atoms with Gasteiger partial charge in [-0.3, -0.25) is 9.59 Å². The Labute approximate surface area is 258 Å². The number of para-hydroxylation sites is 1. The van der Waals surface area contributed by atoms with Crippen molar-refractivity contribution in [2.75, 3.05) is 6.54 Å². The van der Waals surface area contributed by atoms with Crippen molar-refractivity contribution < 1.29 is 28.6 Å². The number of rotatable bonds is 7. The Hall–Kier alpha value is -3.99. The van der Waals surface area contributed by atoms with E-state index < -0.39 is 37.3 Å². The zero-order valence-electron chi connectivity index (χ0n) is 26.8. The first-order chi connectivity index (χ1) is 20.6. The van der Waals surface area contributed by atoms with E-state index in [1.807, 2.05) is 18.2 Å². The second-order valence-corrected chi connectivity index (χ2v) is 18.5. The van der Waals surface area contributed by atoms with Crippen molar-refractivity contribution >= 4 is 42.2 Å². The number of ether oxygens (including phenoxy) is 3. The van der Waals surface area contributed by atoms with Gasteiger partial charge in [-0.25, -0.2) is 14.6 Å². The quantitative estimate of drug-likeness (QED) is 0.176. The first-order valence-corrected chi connectivity index (χ1v) is 18.2. The van der Waals surface area contributed by atoms with Gasteiger partial charge in [0, 0.05) is 12.1 Å². The van der Waals surface area contributed by atoms with Crippen LogP contribution in [0.25, 0.3) is 22.3 Å². The summed E-state index contributed by atoms with van der Waals surface area (Å²) in [6.45, 7) is 16.2. The van der Waals surface area contributed by atoms with Gasteiger partial charge in [-0.15, -0.1) is 0 Å². The molecule has 1 N–H and O–H groups in total. The van der Waals surface area contributed by atoms with E-state index in [0.717, 1.165) is 22.2 Å². The molecule has 2 aliphatic heterocycles. The minimum atomic E-state index is -2.01. The molecule has 0 bridgehead atoms. The molecule has 1 unspecified atom stereocenters. The van der Waals surface area contributed by atoms with Crippen LogP contribution >= 0.6 is 0 Å². The molecule has 0 radical (unpaired) electrons. The number of pyridine rings is 2. The summed E-state index contributed by atoms with van der Waals surface area (Å²) in [5.41, 5.74) is 1.47. The molecule has 1 atom stereocenters. The molecular weight excluding hydrogens is 578 g/mol. The number of hydrogen-bond acceptors (Lipinski definition) is 8. The minimum Gasteiger partial charge on any atom is -0.457 e. The van der Waals surface area contributed by atoms with E-state index in [1.54, 1.807) is 38.3 Å². The summed E-state index contributed by atoms with van der Waals surface area (Å²) in [4.78, 5) is 57.6. The fourth-order valence-corrected chi connectivity index (χ4v) is 8.49. The van der Waals surface area contributed by atoms with Crippen LogP contribution in [0.1, 0.15) is 71.1 Å². The molecule has 0 aliphatic carbocycles. The first-order valence-electron chi connectivity index (χ1n) is 15.2. The lowest BCUT2D eigenvalue weighted by Crippen LogP contribution is -2.48. The first kappa shape index (κ1) is 31.4. The van der Waals surface area contributed by atoms with Gasteiger partial charge in [-0.05, 0) is 61.0 Å². The second kappa shape index (κ2) is 11.2. The Morgan fingerprint density at radius 2 is 1.86 bits per heavy atom. The number of fused-ring (bicyclic) bond motifs is 5. The molecule has 0 saturated heterocycles. The van der Waals surface area contributed by atoms with Crippen LogP contribution < -0.4 is 16.1 Å². The molecular formula is C33H41N3O7Si. The van der Waals surface area contributed by atoms with E-state index in [-0.39, 0.29) is 37.1 Å². The summed E-state index contributed by atoms with van der Waals surface area (Å²) in [5.74, 6) is -1.45. The van der Waals surface area contributed by atoms with Gasteiger partial charge in [0.25, 0.3) is 5.56 Å². The maximum atomic E-state index is 14.1. The van der Waals surface area contributed by atoms with Crippen LogP contribution in [-0.2, 0) is 42.6 Å². The maximum Gasteiger partial charge on any atom is 0.407 e. The molecule has 1 amide bonds. The predicted octanol–water partition coefficient (Wildman–Crippen LogP) is 4.87. The van der Waals surface area contributed by atoms with E-state index in [9.17, 15) is 19.2 Å². The number of hydrogen-bond donors (Lipinski definition) is 1. The van der Waals surface area contributed by atoms with Crippen LogP contribution in [0, 0.1) is 0 Å². The number of nitrogens with zero attached hydrogens (tertiary/aromatic N) is 2. The fourth-order valence-electron chi connectivity index (χ4n) is 6.04. The highest BCUT2D eigenvalue weighted by Crippen LogP contribution is 2.41. The highest BCUT2D eigenvalue weighted by atomic mass is 28.3. The fraction of sp³-hybridized carbons (Fsp3) is 0.485. The van der Waals surface area contributed by atoms with Gasteiger partial charge >= 0.3 is 18.0 Å². The van der Waals surface area contributed by atoms with Crippen molar-refractivity contribution in [3.8, 4) is 11.4 Å². The van der Waals surface area contributed by atoms with E-state index in [4.69, 9.17) is 19.2 Å².